The van der Waals surface area contributed by atoms with E-state index in [0.29, 0.717) is 0 Å². The Morgan fingerprint density at radius 3 is 2.59 bits per heavy atom. The van der Waals surface area contributed by atoms with Crippen molar-refractivity contribution < 1.29 is 19.8 Å². The summed E-state index contributed by atoms with van der Waals surface area (Å²) in [5, 5.41) is 19.0. The van der Waals surface area contributed by atoms with Crippen molar-refractivity contribution >= 4 is 23.4 Å². The Morgan fingerprint density at radius 1 is 1.41 bits per heavy atom. The SMILES string of the molecule is CC1(C(=O)O)NN(C(=O)O)c2cccc(N)c21. The molecule has 0 bridgehead atoms. The van der Waals surface area contributed by atoms with Crippen LogP contribution in [0.25, 0.3) is 0 Å². The van der Waals surface area contributed by atoms with Gasteiger partial charge in [-0.25, -0.2) is 20.0 Å². The Hall–Kier alpha value is -2.28. The number of amides is 1. The number of benzene rings is 1. The van der Waals surface area contributed by atoms with Gasteiger partial charge in [-0.05, 0) is 19.1 Å². The van der Waals surface area contributed by atoms with Gasteiger partial charge < -0.3 is 15.9 Å². The zero-order valence-electron chi connectivity index (χ0n) is 8.97. The van der Waals surface area contributed by atoms with Gasteiger partial charge in [0, 0.05) is 11.3 Å². The van der Waals surface area contributed by atoms with Crippen LogP contribution in [0.2, 0.25) is 0 Å². The maximum atomic E-state index is 11.3. The van der Waals surface area contributed by atoms with E-state index in [1.165, 1.54) is 19.1 Å². The van der Waals surface area contributed by atoms with Crippen molar-refractivity contribution in [1.82, 2.24) is 5.43 Å². The van der Waals surface area contributed by atoms with Gasteiger partial charge >= 0.3 is 12.1 Å². The lowest BCUT2D eigenvalue weighted by Gasteiger charge is -2.21. The number of fused-ring (bicyclic) bond motifs is 1. The number of nitrogens with one attached hydrogen (secondary N) is 1. The number of carboxylic acids is 1. The van der Waals surface area contributed by atoms with Crippen LogP contribution < -0.4 is 16.2 Å². The molecule has 1 amide bonds. The van der Waals surface area contributed by atoms with Gasteiger partial charge in [0.15, 0.2) is 5.54 Å². The summed E-state index contributed by atoms with van der Waals surface area (Å²) >= 11 is 0. The van der Waals surface area contributed by atoms with Crippen LogP contribution in [0.4, 0.5) is 16.2 Å². The minimum absolute atomic E-state index is 0.238. The molecule has 7 heteroatoms. The van der Waals surface area contributed by atoms with Crippen LogP contribution in [0.15, 0.2) is 18.2 Å². The third-order valence-electron chi connectivity index (χ3n) is 2.77. The first-order valence-electron chi connectivity index (χ1n) is 4.81. The second-order valence-corrected chi connectivity index (χ2v) is 3.90. The standard InChI is InChI=1S/C10H11N3O4/c1-10(8(14)15)7-5(11)3-2-4-6(7)13(12-10)9(16)17/h2-4,12H,11H2,1H3,(H,14,15)(H,16,17). The predicted octanol–water partition coefficient (Wildman–Crippen LogP) is 0.571. The first kappa shape index (κ1) is 11.2. The highest BCUT2D eigenvalue weighted by molar-refractivity contribution is 5.97. The zero-order valence-corrected chi connectivity index (χ0v) is 8.97. The zero-order chi connectivity index (χ0) is 12.8. The van der Waals surface area contributed by atoms with Crippen LogP contribution in [-0.4, -0.2) is 22.3 Å². The largest absolute Gasteiger partial charge is 0.480 e. The van der Waals surface area contributed by atoms with E-state index in [2.05, 4.69) is 5.43 Å². The molecule has 0 aliphatic carbocycles. The minimum atomic E-state index is -1.54. The molecule has 0 radical (unpaired) electrons. The second kappa shape index (κ2) is 3.36. The van der Waals surface area contributed by atoms with E-state index >= 15 is 0 Å². The van der Waals surface area contributed by atoms with Gasteiger partial charge in [0.1, 0.15) is 0 Å². The van der Waals surface area contributed by atoms with E-state index in [9.17, 15) is 14.7 Å². The lowest BCUT2D eigenvalue weighted by atomic mass is 9.92. The van der Waals surface area contributed by atoms with Crippen LogP contribution >= 0.6 is 0 Å². The number of hydrogen-bond donors (Lipinski definition) is 4. The number of hydrogen-bond acceptors (Lipinski definition) is 4. The van der Waals surface area contributed by atoms with Crippen LogP contribution in [0.5, 0.6) is 0 Å². The van der Waals surface area contributed by atoms with Gasteiger partial charge in [-0.3, -0.25) is 0 Å². The number of aliphatic carboxylic acids is 1. The smallest absolute Gasteiger partial charge is 0.426 e. The van der Waals surface area contributed by atoms with Gasteiger partial charge in [0.2, 0.25) is 0 Å². The number of nitrogen functional groups attached to an aromatic ring is 1. The summed E-state index contributed by atoms with van der Waals surface area (Å²) in [5.41, 5.74) is 7.35. The fourth-order valence-corrected chi connectivity index (χ4v) is 1.93. The summed E-state index contributed by atoms with van der Waals surface area (Å²) in [6.45, 7) is 1.37. The van der Waals surface area contributed by atoms with Gasteiger partial charge in [-0.2, -0.15) is 0 Å². The number of rotatable bonds is 1. The molecule has 0 aromatic heterocycles. The molecule has 1 unspecified atom stereocenters. The van der Waals surface area contributed by atoms with Gasteiger partial charge in [-0.15, -0.1) is 0 Å². The fourth-order valence-electron chi connectivity index (χ4n) is 1.93. The molecule has 90 valence electrons. The monoisotopic (exact) mass is 237 g/mol. The summed E-state index contributed by atoms with van der Waals surface area (Å²) in [4.78, 5) is 22.3. The van der Waals surface area contributed by atoms with Crippen molar-refractivity contribution in [2.75, 3.05) is 10.7 Å². The number of nitrogens with two attached hydrogens (primary N) is 1. The van der Waals surface area contributed by atoms with E-state index < -0.39 is 17.6 Å². The van der Waals surface area contributed by atoms with E-state index in [0.717, 1.165) is 5.01 Å². The first-order valence-corrected chi connectivity index (χ1v) is 4.81. The highest BCUT2D eigenvalue weighted by atomic mass is 16.4. The average molecular weight is 237 g/mol. The summed E-state index contributed by atoms with van der Waals surface area (Å²) in [5.74, 6) is -1.19. The normalized spacial score (nSPS) is 22.3. The topological polar surface area (TPSA) is 116 Å². The molecule has 1 atom stereocenters. The van der Waals surface area contributed by atoms with Gasteiger partial charge in [0.25, 0.3) is 0 Å². The summed E-state index contributed by atoms with van der Waals surface area (Å²) in [6.07, 6.45) is -1.29. The van der Waals surface area contributed by atoms with Crippen molar-refractivity contribution in [3.8, 4) is 0 Å². The molecular formula is C10H11N3O4. The average Bonchev–Trinajstić information content (AvgIpc) is 2.55. The Bertz CT molecular complexity index is 516. The Labute approximate surface area is 96.4 Å². The third kappa shape index (κ3) is 1.40. The maximum Gasteiger partial charge on any atom is 0.426 e. The molecule has 1 aromatic carbocycles. The number of carbonyl (C=O) groups is 2. The van der Waals surface area contributed by atoms with E-state index in [1.54, 1.807) is 6.07 Å². The third-order valence-corrected chi connectivity index (χ3v) is 2.77. The van der Waals surface area contributed by atoms with Gasteiger partial charge in [0.05, 0.1) is 5.69 Å². The number of carboxylic acid groups (broad SMARTS) is 2. The predicted molar refractivity (Wildman–Crippen MR) is 59.5 cm³/mol. The van der Waals surface area contributed by atoms with Crippen molar-refractivity contribution in [1.29, 1.82) is 0 Å². The van der Waals surface area contributed by atoms with Gasteiger partial charge in [-0.1, -0.05) is 6.07 Å². The lowest BCUT2D eigenvalue weighted by molar-refractivity contribution is -0.144. The quantitative estimate of drug-likeness (QED) is 0.531. The molecule has 7 nitrogen and oxygen atoms in total. The molecule has 0 saturated heterocycles. The summed E-state index contributed by atoms with van der Waals surface area (Å²) < 4.78 is 0. The Kier molecular flexibility index (Phi) is 2.21. The number of nitrogens with zero attached hydrogens (tertiary/aromatic N) is 1. The molecule has 2 rings (SSSR count). The molecule has 1 heterocycles. The molecule has 5 N–H and O–H groups in total. The van der Waals surface area contributed by atoms with Crippen molar-refractivity contribution in [3.63, 3.8) is 0 Å². The fraction of sp³-hybridized carbons (Fsp3) is 0.200. The molecular weight excluding hydrogens is 226 g/mol. The van der Waals surface area contributed by atoms with E-state index in [1.807, 2.05) is 0 Å². The first-order chi connectivity index (χ1) is 7.88. The highest BCUT2D eigenvalue weighted by Gasteiger charge is 2.48. The van der Waals surface area contributed by atoms with Crippen molar-refractivity contribution in [3.05, 3.63) is 23.8 Å². The molecule has 0 saturated carbocycles. The van der Waals surface area contributed by atoms with Crippen LogP contribution in [0, 0.1) is 0 Å². The van der Waals surface area contributed by atoms with Crippen molar-refractivity contribution in [2.45, 2.75) is 12.5 Å². The lowest BCUT2D eigenvalue weighted by Crippen LogP contribution is -2.51. The van der Waals surface area contributed by atoms with Crippen LogP contribution in [-0.2, 0) is 10.3 Å². The molecule has 0 fully saturated rings. The van der Waals surface area contributed by atoms with Crippen LogP contribution in [0.3, 0.4) is 0 Å². The summed E-state index contributed by atoms with van der Waals surface area (Å²) in [6, 6.07) is 4.60. The van der Waals surface area contributed by atoms with Crippen LogP contribution in [0.1, 0.15) is 12.5 Å². The number of hydrazine groups is 1. The molecule has 1 aromatic rings. The second-order valence-electron chi connectivity index (χ2n) is 3.90. The maximum absolute atomic E-state index is 11.3. The van der Waals surface area contributed by atoms with Crippen molar-refractivity contribution in [2.24, 2.45) is 0 Å². The molecule has 17 heavy (non-hydrogen) atoms. The molecule has 1 aliphatic heterocycles. The highest BCUT2D eigenvalue weighted by Crippen LogP contribution is 2.40. The minimum Gasteiger partial charge on any atom is -0.480 e. The Balaban J connectivity index is 2.69. The molecule has 0 spiro atoms. The van der Waals surface area contributed by atoms with E-state index in [4.69, 9.17) is 10.8 Å². The molecule has 1 aliphatic rings. The summed E-state index contributed by atoms with van der Waals surface area (Å²) in [7, 11) is 0. The van der Waals surface area contributed by atoms with E-state index in [-0.39, 0.29) is 16.9 Å². The number of anilines is 2. The Morgan fingerprint density at radius 2 is 2.06 bits per heavy atom.